The maximum atomic E-state index is 14.1. The molecule has 0 aliphatic heterocycles. The Hall–Kier alpha value is -1.10. The number of nitrogens with one attached hydrogen (secondary N) is 1. The van der Waals surface area contributed by atoms with Crippen LogP contribution in [0.1, 0.15) is 17.2 Å². The summed E-state index contributed by atoms with van der Waals surface area (Å²) in [5.41, 5.74) is 1.23. The fourth-order valence-corrected chi connectivity index (χ4v) is 2.82. The summed E-state index contributed by atoms with van der Waals surface area (Å²) in [5, 5.41) is 3.47. The summed E-state index contributed by atoms with van der Waals surface area (Å²) in [4.78, 5) is 0. The molecule has 1 unspecified atom stereocenters. The van der Waals surface area contributed by atoms with E-state index in [-0.39, 0.29) is 5.82 Å². The topological polar surface area (TPSA) is 21.3 Å². The normalized spacial score (nSPS) is 12.2. The highest BCUT2D eigenvalue weighted by Crippen LogP contribution is 2.36. The Kier molecular flexibility index (Phi) is 5.02. The summed E-state index contributed by atoms with van der Waals surface area (Å²) in [6.45, 7) is 0. The smallest absolute Gasteiger partial charge is 0.129 e. The lowest BCUT2D eigenvalue weighted by atomic mass is 9.97. The second-order valence-corrected chi connectivity index (χ2v) is 5.57. The van der Waals surface area contributed by atoms with E-state index in [1.807, 2.05) is 18.2 Å². The van der Waals surface area contributed by atoms with Crippen molar-refractivity contribution in [1.82, 2.24) is 5.32 Å². The van der Waals surface area contributed by atoms with Crippen molar-refractivity contribution in [2.75, 3.05) is 14.2 Å². The van der Waals surface area contributed by atoms with Crippen molar-refractivity contribution < 1.29 is 9.13 Å². The fraction of sp³-hybridized carbons (Fsp3) is 0.200. The molecular weight excluding hydrogens is 345 g/mol. The van der Waals surface area contributed by atoms with Gasteiger partial charge in [0, 0.05) is 20.6 Å². The van der Waals surface area contributed by atoms with Gasteiger partial charge >= 0.3 is 0 Å². The second-order valence-electron chi connectivity index (χ2n) is 4.24. The van der Waals surface area contributed by atoms with Gasteiger partial charge in [0.1, 0.15) is 11.6 Å². The standard InChI is InChI=1S/C15H14BrClFNO/c1-19-15(14-11(17)4-3-5-12(14)18)10-8-9(16)6-7-13(10)20-2/h3-8,15,19H,1-2H3. The molecule has 2 aromatic rings. The molecule has 0 aliphatic carbocycles. The molecule has 0 spiro atoms. The number of halogens is 3. The quantitative estimate of drug-likeness (QED) is 0.865. The number of ether oxygens (including phenoxy) is 1. The Morgan fingerprint density at radius 3 is 2.65 bits per heavy atom. The van der Waals surface area contributed by atoms with Gasteiger partial charge in [-0.05, 0) is 37.4 Å². The molecule has 0 saturated carbocycles. The predicted molar refractivity (Wildman–Crippen MR) is 83.0 cm³/mol. The molecule has 0 radical (unpaired) electrons. The number of benzene rings is 2. The van der Waals surface area contributed by atoms with Gasteiger partial charge in [0.2, 0.25) is 0 Å². The van der Waals surface area contributed by atoms with E-state index in [2.05, 4.69) is 21.2 Å². The van der Waals surface area contributed by atoms with Crippen molar-refractivity contribution in [2.45, 2.75) is 6.04 Å². The molecule has 106 valence electrons. The van der Waals surface area contributed by atoms with E-state index in [9.17, 15) is 4.39 Å². The minimum atomic E-state index is -0.392. The average Bonchev–Trinajstić information content (AvgIpc) is 2.43. The van der Waals surface area contributed by atoms with Gasteiger partial charge < -0.3 is 10.1 Å². The Morgan fingerprint density at radius 2 is 2.05 bits per heavy atom. The number of hydrogen-bond acceptors (Lipinski definition) is 2. The minimum absolute atomic E-state index is 0.348. The maximum absolute atomic E-state index is 14.1. The fourth-order valence-electron chi connectivity index (χ4n) is 2.17. The largest absolute Gasteiger partial charge is 0.496 e. The van der Waals surface area contributed by atoms with Gasteiger partial charge in [0.05, 0.1) is 13.2 Å². The van der Waals surface area contributed by atoms with Gasteiger partial charge in [-0.1, -0.05) is 33.6 Å². The Labute approximate surface area is 131 Å². The van der Waals surface area contributed by atoms with Crippen molar-refractivity contribution in [3.05, 3.63) is 62.8 Å². The molecule has 2 rings (SSSR count). The molecule has 2 aromatic carbocycles. The van der Waals surface area contributed by atoms with Crippen molar-refractivity contribution in [3.63, 3.8) is 0 Å². The highest BCUT2D eigenvalue weighted by molar-refractivity contribution is 9.10. The SMILES string of the molecule is CNC(c1cc(Br)ccc1OC)c1c(F)cccc1Cl. The van der Waals surface area contributed by atoms with E-state index in [0.29, 0.717) is 16.3 Å². The van der Waals surface area contributed by atoms with Crippen molar-refractivity contribution >= 4 is 27.5 Å². The third-order valence-electron chi connectivity index (χ3n) is 3.08. The van der Waals surface area contributed by atoms with E-state index < -0.39 is 6.04 Å². The molecule has 0 fully saturated rings. The third-order valence-corrected chi connectivity index (χ3v) is 3.90. The van der Waals surface area contributed by atoms with Crippen molar-refractivity contribution in [2.24, 2.45) is 0 Å². The Morgan fingerprint density at radius 1 is 1.30 bits per heavy atom. The van der Waals surface area contributed by atoms with Crippen LogP contribution < -0.4 is 10.1 Å². The molecule has 0 amide bonds. The monoisotopic (exact) mass is 357 g/mol. The Balaban J connectivity index is 2.61. The summed E-state index contributed by atoms with van der Waals surface area (Å²) in [7, 11) is 3.34. The predicted octanol–water partition coefficient (Wildman–Crippen LogP) is 4.56. The zero-order chi connectivity index (χ0) is 14.7. The first kappa shape index (κ1) is 15.3. The first-order valence-electron chi connectivity index (χ1n) is 6.03. The van der Waals surface area contributed by atoms with Gasteiger partial charge in [-0.2, -0.15) is 0 Å². The van der Waals surface area contributed by atoms with Crippen LogP contribution >= 0.6 is 27.5 Å². The maximum Gasteiger partial charge on any atom is 0.129 e. The number of hydrogen-bond donors (Lipinski definition) is 1. The van der Waals surface area contributed by atoms with Crippen LogP contribution in [0, 0.1) is 5.82 Å². The lowest BCUT2D eigenvalue weighted by Gasteiger charge is -2.21. The van der Waals surface area contributed by atoms with Gasteiger partial charge in [-0.3, -0.25) is 0 Å². The molecule has 20 heavy (non-hydrogen) atoms. The molecule has 0 bridgehead atoms. The molecule has 5 heteroatoms. The minimum Gasteiger partial charge on any atom is -0.496 e. The van der Waals surface area contributed by atoms with E-state index in [1.54, 1.807) is 26.3 Å². The lowest BCUT2D eigenvalue weighted by Crippen LogP contribution is -2.20. The van der Waals surface area contributed by atoms with Crippen LogP contribution in [0.2, 0.25) is 5.02 Å². The van der Waals surface area contributed by atoms with Crippen molar-refractivity contribution in [3.8, 4) is 5.75 Å². The summed E-state index contributed by atoms with van der Waals surface area (Å²) in [5.74, 6) is 0.325. The van der Waals surface area contributed by atoms with Gasteiger partial charge in [0.25, 0.3) is 0 Å². The van der Waals surface area contributed by atoms with Crippen LogP contribution in [0.25, 0.3) is 0 Å². The number of methoxy groups -OCH3 is 1. The summed E-state index contributed by atoms with van der Waals surface area (Å²) in [6, 6.07) is 9.87. The lowest BCUT2D eigenvalue weighted by molar-refractivity contribution is 0.404. The van der Waals surface area contributed by atoms with E-state index in [4.69, 9.17) is 16.3 Å². The zero-order valence-electron chi connectivity index (χ0n) is 11.1. The van der Waals surface area contributed by atoms with Gasteiger partial charge in [-0.25, -0.2) is 4.39 Å². The van der Waals surface area contributed by atoms with Crippen LogP contribution in [0.5, 0.6) is 5.75 Å². The average molecular weight is 359 g/mol. The first-order chi connectivity index (χ1) is 9.58. The van der Waals surface area contributed by atoms with E-state index in [0.717, 1.165) is 10.0 Å². The Bertz CT molecular complexity index is 601. The van der Waals surface area contributed by atoms with Crippen LogP contribution in [0.3, 0.4) is 0 Å². The molecule has 1 N–H and O–H groups in total. The van der Waals surface area contributed by atoms with Crippen LogP contribution in [-0.2, 0) is 0 Å². The molecule has 2 nitrogen and oxygen atoms in total. The molecule has 0 aromatic heterocycles. The summed E-state index contributed by atoms with van der Waals surface area (Å²) >= 11 is 9.58. The summed E-state index contributed by atoms with van der Waals surface area (Å²) < 4.78 is 20.4. The van der Waals surface area contributed by atoms with Crippen LogP contribution in [0.4, 0.5) is 4.39 Å². The highest BCUT2D eigenvalue weighted by atomic mass is 79.9. The molecule has 0 aliphatic rings. The van der Waals surface area contributed by atoms with Crippen molar-refractivity contribution in [1.29, 1.82) is 0 Å². The van der Waals surface area contributed by atoms with Crippen LogP contribution in [0.15, 0.2) is 40.9 Å². The van der Waals surface area contributed by atoms with Gasteiger partial charge in [-0.15, -0.1) is 0 Å². The second kappa shape index (κ2) is 6.57. The number of rotatable bonds is 4. The first-order valence-corrected chi connectivity index (χ1v) is 7.20. The van der Waals surface area contributed by atoms with E-state index in [1.165, 1.54) is 6.07 Å². The molecule has 1 atom stereocenters. The zero-order valence-corrected chi connectivity index (χ0v) is 13.4. The van der Waals surface area contributed by atoms with Crippen LogP contribution in [-0.4, -0.2) is 14.2 Å². The highest BCUT2D eigenvalue weighted by Gasteiger charge is 2.22. The third kappa shape index (κ3) is 2.97. The van der Waals surface area contributed by atoms with E-state index >= 15 is 0 Å². The molecule has 0 heterocycles. The molecular formula is C15H14BrClFNO. The van der Waals surface area contributed by atoms with Gasteiger partial charge in [0.15, 0.2) is 0 Å². The molecule has 0 saturated heterocycles. The summed E-state index contributed by atoms with van der Waals surface area (Å²) in [6.07, 6.45) is 0.